The van der Waals surface area contributed by atoms with E-state index in [1.54, 1.807) is 14.2 Å². The zero-order chi connectivity index (χ0) is 13.0. The van der Waals surface area contributed by atoms with E-state index in [0.717, 1.165) is 23.8 Å². The molecular weight excluding hydrogens is 226 g/mol. The summed E-state index contributed by atoms with van der Waals surface area (Å²) in [4.78, 5) is 0. The van der Waals surface area contributed by atoms with Gasteiger partial charge in [-0.1, -0.05) is 6.07 Å². The van der Waals surface area contributed by atoms with Gasteiger partial charge in [0.2, 0.25) is 0 Å². The zero-order valence-electron chi connectivity index (χ0n) is 11.5. The average Bonchev–Trinajstić information content (AvgIpc) is 3.20. The Bertz CT molecular complexity index is 388. The lowest BCUT2D eigenvalue weighted by Crippen LogP contribution is -2.21. The van der Waals surface area contributed by atoms with E-state index in [-0.39, 0.29) is 0 Å². The van der Waals surface area contributed by atoms with Crippen LogP contribution in [0.3, 0.4) is 0 Å². The topological polar surface area (TPSA) is 30.5 Å². The standard InChI is InChI=1S/C15H23NO2/c1-11(16-9-12-4-5-12)13-6-7-15(18-3)14(8-13)10-17-2/h6-8,11-12,16H,4-5,9-10H2,1-3H3. The van der Waals surface area contributed by atoms with Crippen LogP contribution in [0.25, 0.3) is 0 Å². The molecular formula is C15H23NO2. The Morgan fingerprint density at radius 2 is 2.11 bits per heavy atom. The minimum absolute atomic E-state index is 0.382. The molecule has 0 aliphatic heterocycles. The molecule has 0 saturated heterocycles. The zero-order valence-corrected chi connectivity index (χ0v) is 11.5. The Morgan fingerprint density at radius 3 is 2.72 bits per heavy atom. The van der Waals surface area contributed by atoms with E-state index >= 15 is 0 Å². The first-order valence-electron chi connectivity index (χ1n) is 6.63. The molecule has 1 atom stereocenters. The largest absolute Gasteiger partial charge is 0.496 e. The summed E-state index contributed by atoms with van der Waals surface area (Å²) in [7, 11) is 3.41. The van der Waals surface area contributed by atoms with Crippen LogP contribution in [-0.2, 0) is 11.3 Å². The van der Waals surface area contributed by atoms with Gasteiger partial charge in [-0.2, -0.15) is 0 Å². The van der Waals surface area contributed by atoms with Crippen molar-refractivity contribution in [3.8, 4) is 5.75 Å². The second-order valence-corrected chi connectivity index (χ2v) is 5.08. The molecule has 1 aromatic carbocycles. The van der Waals surface area contributed by atoms with Gasteiger partial charge in [-0.15, -0.1) is 0 Å². The molecule has 1 saturated carbocycles. The Morgan fingerprint density at radius 1 is 1.33 bits per heavy atom. The highest BCUT2D eigenvalue weighted by atomic mass is 16.5. The van der Waals surface area contributed by atoms with E-state index in [1.807, 2.05) is 6.07 Å². The molecule has 0 amide bonds. The second-order valence-electron chi connectivity index (χ2n) is 5.08. The van der Waals surface area contributed by atoms with Crippen LogP contribution in [0.5, 0.6) is 5.75 Å². The molecule has 1 unspecified atom stereocenters. The molecule has 100 valence electrons. The fourth-order valence-corrected chi connectivity index (χ4v) is 2.12. The molecule has 1 N–H and O–H groups in total. The Balaban J connectivity index is 2.03. The highest BCUT2D eigenvalue weighted by Crippen LogP contribution is 2.29. The van der Waals surface area contributed by atoms with Crippen LogP contribution >= 0.6 is 0 Å². The quantitative estimate of drug-likeness (QED) is 0.806. The SMILES string of the molecule is COCc1cc(C(C)NCC2CC2)ccc1OC. The van der Waals surface area contributed by atoms with Gasteiger partial charge in [-0.3, -0.25) is 0 Å². The third-order valence-corrected chi connectivity index (χ3v) is 3.51. The van der Waals surface area contributed by atoms with Crippen LogP contribution in [0.1, 0.15) is 36.9 Å². The van der Waals surface area contributed by atoms with E-state index in [4.69, 9.17) is 9.47 Å². The van der Waals surface area contributed by atoms with Gasteiger partial charge in [0, 0.05) is 18.7 Å². The van der Waals surface area contributed by atoms with E-state index in [1.165, 1.54) is 18.4 Å². The van der Waals surface area contributed by atoms with Gasteiger partial charge in [-0.25, -0.2) is 0 Å². The molecule has 1 fully saturated rings. The fraction of sp³-hybridized carbons (Fsp3) is 0.600. The molecule has 3 heteroatoms. The summed E-state index contributed by atoms with van der Waals surface area (Å²) < 4.78 is 10.6. The van der Waals surface area contributed by atoms with E-state index in [0.29, 0.717) is 12.6 Å². The summed E-state index contributed by atoms with van der Waals surface area (Å²) in [5.41, 5.74) is 2.40. The van der Waals surface area contributed by atoms with Crippen molar-refractivity contribution in [2.24, 2.45) is 5.92 Å². The molecule has 0 radical (unpaired) electrons. The molecule has 3 nitrogen and oxygen atoms in total. The molecule has 18 heavy (non-hydrogen) atoms. The van der Waals surface area contributed by atoms with E-state index in [2.05, 4.69) is 24.4 Å². The summed E-state index contributed by atoms with van der Waals surface area (Å²) >= 11 is 0. The van der Waals surface area contributed by atoms with Crippen LogP contribution in [0.2, 0.25) is 0 Å². The van der Waals surface area contributed by atoms with Crippen molar-refractivity contribution in [3.63, 3.8) is 0 Å². The lowest BCUT2D eigenvalue weighted by atomic mass is 10.0. The molecule has 0 spiro atoms. The van der Waals surface area contributed by atoms with E-state index in [9.17, 15) is 0 Å². The fourth-order valence-electron chi connectivity index (χ4n) is 2.12. The molecule has 1 aliphatic rings. The van der Waals surface area contributed by atoms with Crippen molar-refractivity contribution >= 4 is 0 Å². The summed E-state index contributed by atoms with van der Waals surface area (Å²) in [6, 6.07) is 6.71. The lowest BCUT2D eigenvalue weighted by Gasteiger charge is -2.16. The molecule has 2 rings (SSSR count). The van der Waals surface area contributed by atoms with Gasteiger partial charge in [0.25, 0.3) is 0 Å². The molecule has 0 aromatic heterocycles. The van der Waals surface area contributed by atoms with Crippen molar-refractivity contribution in [3.05, 3.63) is 29.3 Å². The molecule has 1 aromatic rings. The third kappa shape index (κ3) is 3.47. The summed E-state index contributed by atoms with van der Waals surface area (Å²) in [5.74, 6) is 1.80. The number of rotatable bonds is 7. The number of methoxy groups -OCH3 is 2. The van der Waals surface area contributed by atoms with Crippen LogP contribution in [0.4, 0.5) is 0 Å². The first kappa shape index (κ1) is 13.4. The van der Waals surface area contributed by atoms with Crippen LogP contribution in [-0.4, -0.2) is 20.8 Å². The van der Waals surface area contributed by atoms with Crippen molar-refractivity contribution < 1.29 is 9.47 Å². The summed E-state index contributed by atoms with van der Waals surface area (Å²) in [6.07, 6.45) is 2.77. The minimum Gasteiger partial charge on any atom is -0.496 e. The van der Waals surface area contributed by atoms with Crippen molar-refractivity contribution in [1.29, 1.82) is 0 Å². The third-order valence-electron chi connectivity index (χ3n) is 3.51. The number of hydrogen-bond acceptors (Lipinski definition) is 3. The minimum atomic E-state index is 0.382. The van der Waals surface area contributed by atoms with Gasteiger partial charge < -0.3 is 14.8 Å². The number of ether oxygens (including phenoxy) is 2. The molecule has 0 bridgehead atoms. The predicted molar refractivity (Wildman–Crippen MR) is 72.8 cm³/mol. The monoisotopic (exact) mass is 249 g/mol. The van der Waals surface area contributed by atoms with Crippen molar-refractivity contribution in [1.82, 2.24) is 5.32 Å². The first-order chi connectivity index (χ1) is 8.74. The van der Waals surface area contributed by atoms with Gasteiger partial charge in [-0.05, 0) is 49.9 Å². The summed E-state index contributed by atoms with van der Waals surface area (Å²) in [6.45, 7) is 3.93. The number of nitrogens with one attached hydrogen (secondary N) is 1. The van der Waals surface area contributed by atoms with Gasteiger partial charge >= 0.3 is 0 Å². The summed E-state index contributed by atoms with van der Waals surface area (Å²) in [5, 5.41) is 3.59. The molecule has 1 aliphatic carbocycles. The van der Waals surface area contributed by atoms with Gasteiger partial charge in [0.1, 0.15) is 5.75 Å². The van der Waals surface area contributed by atoms with E-state index < -0.39 is 0 Å². The first-order valence-corrected chi connectivity index (χ1v) is 6.63. The number of hydrogen-bond donors (Lipinski definition) is 1. The Kier molecular flexibility index (Phi) is 4.61. The maximum Gasteiger partial charge on any atom is 0.124 e. The normalized spacial score (nSPS) is 16.6. The lowest BCUT2D eigenvalue weighted by molar-refractivity contribution is 0.181. The highest BCUT2D eigenvalue weighted by molar-refractivity contribution is 5.38. The Labute approximate surface area is 109 Å². The van der Waals surface area contributed by atoms with Crippen LogP contribution < -0.4 is 10.1 Å². The van der Waals surface area contributed by atoms with Crippen molar-refractivity contribution in [2.45, 2.75) is 32.4 Å². The highest BCUT2D eigenvalue weighted by Gasteiger charge is 2.21. The van der Waals surface area contributed by atoms with Crippen LogP contribution in [0.15, 0.2) is 18.2 Å². The predicted octanol–water partition coefficient (Wildman–Crippen LogP) is 2.90. The van der Waals surface area contributed by atoms with Gasteiger partial charge in [0.05, 0.1) is 13.7 Å². The van der Waals surface area contributed by atoms with Gasteiger partial charge in [0.15, 0.2) is 0 Å². The number of benzene rings is 1. The van der Waals surface area contributed by atoms with Crippen LogP contribution in [0, 0.1) is 5.92 Å². The maximum absolute atomic E-state index is 5.34. The average molecular weight is 249 g/mol. The second kappa shape index (κ2) is 6.21. The smallest absolute Gasteiger partial charge is 0.124 e. The maximum atomic E-state index is 5.34. The Hall–Kier alpha value is -1.06. The van der Waals surface area contributed by atoms with Crippen molar-refractivity contribution in [2.75, 3.05) is 20.8 Å². The molecule has 0 heterocycles.